The normalized spacial score (nSPS) is 12.5. The number of methoxy groups -OCH3 is 1. The number of nitrogens with two attached hydrogens (primary N) is 2. The Morgan fingerprint density at radius 3 is 2.71 bits per heavy atom. The van der Waals surface area contributed by atoms with Gasteiger partial charge in [-0.3, -0.25) is 0 Å². The summed E-state index contributed by atoms with van der Waals surface area (Å²) in [6.07, 6.45) is 0.734. The second kappa shape index (κ2) is 5.93. The quantitative estimate of drug-likeness (QED) is 0.712. The fourth-order valence-corrected chi connectivity index (χ4v) is 1.58. The predicted octanol–water partition coefficient (Wildman–Crippen LogP) is 2.48. The van der Waals surface area contributed by atoms with E-state index in [4.69, 9.17) is 27.8 Å². The second-order valence-electron chi connectivity index (χ2n) is 3.88. The number of anilines is 3. The molecule has 17 heavy (non-hydrogen) atoms. The highest BCUT2D eigenvalue weighted by molar-refractivity contribution is 6.33. The zero-order valence-electron chi connectivity index (χ0n) is 9.89. The molecular formula is C11H17ClFN3O. The molecule has 1 unspecified atom stereocenters. The molecule has 96 valence electrons. The molecule has 0 aromatic heterocycles. The van der Waals surface area contributed by atoms with Crippen LogP contribution in [0.25, 0.3) is 0 Å². The van der Waals surface area contributed by atoms with Crippen molar-refractivity contribution < 1.29 is 9.13 Å². The van der Waals surface area contributed by atoms with E-state index in [0.717, 1.165) is 6.42 Å². The van der Waals surface area contributed by atoms with E-state index in [1.807, 2.05) is 6.92 Å². The molecule has 0 aliphatic rings. The first-order valence-corrected chi connectivity index (χ1v) is 5.63. The molecule has 4 nitrogen and oxygen atoms in total. The SMILES string of the molecule is COCCC(C)Nc1c(N)cc(N)c(Cl)c1F. The molecule has 1 rings (SSSR count). The van der Waals surface area contributed by atoms with Gasteiger partial charge in [0, 0.05) is 19.8 Å². The highest BCUT2D eigenvalue weighted by Gasteiger charge is 2.15. The van der Waals surface area contributed by atoms with Crippen LogP contribution in [0.5, 0.6) is 0 Å². The van der Waals surface area contributed by atoms with Crippen LogP contribution in [0.4, 0.5) is 21.5 Å². The first-order chi connectivity index (χ1) is 7.97. The molecule has 0 saturated carbocycles. The monoisotopic (exact) mass is 261 g/mol. The van der Waals surface area contributed by atoms with Gasteiger partial charge in [-0.2, -0.15) is 0 Å². The lowest BCUT2D eigenvalue weighted by molar-refractivity contribution is 0.191. The Morgan fingerprint density at radius 1 is 1.47 bits per heavy atom. The Kier molecular flexibility index (Phi) is 4.84. The number of nitrogen functional groups attached to an aromatic ring is 2. The van der Waals surface area contributed by atoms with Crippen molar-refractivity contribution in [3.8, 4) is 0 Å². The Bertz CT molecular complexity index is 401. The third kappa shape index (κ3) is 3.38. The van der Waals surface area contributed by atoms with Crippen molar-refractivity contribution in [2.45, 2.75) is 19.4 Å². The van der Waals surface area contributed by atoms with Gasteiger partial charge in [-0.05, 0) is 19.4 Å². The van der Waals surface area contributed by atoms with Gasteiger partial charge in [0.25, 0.3) is 0 Å². The maximum absolute atomic E-state index is 13.8. The lowest BCUT2D eigenvalue weighted by atomic mass is 10.2. The molecule has 0 aliphatic heterocycles. The van der Waals surface area contributed by atoms with Crippen LogP contribution in [0.15, 0.2) is 6.07 Å². The molecule has 0 spiro atoms. The summed E-state index contributed by atoms with van der Waals surface area (Å²) in [5, 5.41) is 2.85. The minimum atomic E-state index is -0.617. The van der Waals surface area contributed by atoms with Crippen LogP contribution >= 0.6 is 11.6 Å². The molecule has 0 bridgehead atoms. The summed E-state index contributed by atoms with van der Waals surface area (Å²) in [5.74, 6) is -0.617. The van der Waals surface area contributed by atoms with Gasteiger partial charge in [-0.15, -0.1) is 0 Å². The molecule has 1 atom stereocenters. The largest absolute Gasteiger partial charge is 0.397 e. The van der Waals surface area contributed by atoms with Gasteiger partial charge < -0.3 is 21.5 Å². The van der Waals surface area contributed by atoms with Gasteiger partial charge in [0.05, 0.1) is 17.1 Å². The van der Waals surface area contributed by atoms with E-state index < -0.39 is 5.82 Å². The van der Waals surface area contributed by atoms with Crippen LogP contribution in [0.2, 0.25) is 5.02 Å². The summed E-state index contributed by atoms with van der Waals surface area (Å²) in [6.45, 7) is 2.49. The molecule has 5 N–H and O–H groups in total. The number of nitrogens with one attached hydrogen (secondary N) is 1. The van der Waals surface area contributed by atoms with Gasteiger partial charge in [0.15, 0.2) is 5.82 Å². The van der Waals surface area contributed by atoms with E-state index in [2.05, 4.69) is 5.32 Å². The van der Waals surface area contributed by atoms with E-state index in [9.17, 15) is 4.39 Å². The highest BCUT2D eigenvalue weighted by atomic mass is 35.5. The standard InChI is InChI=1S/C11H17ClFN3O/c1-6(3-4-17-2)16-11-8(15)5-7(14)9(12)10(11)13/h5-6,16H,3-4,14-15H2,1-2H3. The predicted molar refractivity (Wildman–Crippen MR) is 69.8 cm³/mol. The molecule has 1 aromatic carbocycles. The molecular weight excluding hydrogens is 245 g/mol. The number of hydrogen-bond donors (Lipinski definition) is 3. The summed E-state index contributed by atoms with van der Waals surface area (Å²) in [4.78, 5) is 0. The average molecular weight is 262 g/mol. The van der Waals surface area contributed by atoms with Crippen LogP contribution in [-0.4, -0.2) is 19.8 Å². The van der Waals surface area contributed by atoms with Crippen molar-refractivity contribution in [1.29, 1.82) is 0 Å². The zero-order valence-corrected chi connectivity index (χ0v) is 10.6. The lowest BCUT2D eigenvalue weighted by Crippen LogP contribution is -2.19. The third-order valence-electron chi connectivity index (χ3n) is 2.41. The van der Waals surface area contributed by atoms with Crippen LogP contribution in [0, 0.1) is 5.82 Å². The smallest absolute Gasteiger partial charge is 0.169 e. The van der Waals surface area contributed by atoms with Crippen LogP contribution < -0.4 is 16.8 Å². The van der Waals surface area contributed by atoms with Crippen molar-refractivity contribution in [2.24, 2.45) is 0 Å². The molecule has 0 heterocycles. The molecule has 0 saturated heterocycles. The summed E-state index contributed by atoms with van der Waals surface area (Å²) < 4.78 is 18.8. The Labute approximate surface area is 105 Å². The Morgan fingerprint density at radius 2 is 2.12 bits per heavy atom. The maximum atomic E-state index is 13.8. The van der Waals surface area contributed by atoms with Gasteiger partial charge in [-0.1, -0.05) is 11.6 Å². The van der Waals surface area contributed by atoms with Crippen LogP contribution in [-0.2, 0) is 4.74 Å². The van der Waals surface area contributed by atoms with E-state index in [1.165, 1.54) is 6.07 Å². The minimum Gasteiger partial charge on any atom is -0.397 e. The van der Waals surface area contributed by atoms with Gasteiger partial charge >= 0.3 is 0 Å². The van der Waals surface area contributed by atoms with Crippen molar-refractivity contribution in [2.75, 3.05) is 30.5 Å². The van der Waals surface area contributed by atoms with E-state index in [0.29, 0.717) is 6.61 Å². The lowest BCUT2D eigenvalue weighted by Gasteiger charge is -2.18. The van der Waals surface area contributed by atoms with Crippen LogP contribution in [0.3, 0.4) is 0 Å². The van der Waals surface area contributed by atoms with Crippen molar-refractivity contribution in [3.63, 3.8) is 0 Å². The van der Waals surface area contributed by atoms with E-state index in [-0.39, 0.29) is 28.1 Å². The van der Waals surface area contributed by atoms with E-state index >= 15 is 0 Å². The molecule has 0 radical (unpaired) electrons. The third-order valence-corrected chi connectivity index (χ3v) is 2.80. The van der Waals surface area contributed by atoms with Gasteiger partial charge in [-0.25, -0.2) is 4.39 Å². The van der Waals surface area contributed by atoms with Crippen molar-refractivity contribution in [1.82, 2.24) is 0 Å². The Hall–Kier alpha value is -1.20. The molecule has 0 aliphatic carbocycles. The van der Waals surface area contributed by atoms with E-state index in [1.54, 1.807) is 7.11 Å². The molecule has 0 amide bonds. The zero-order chi connectivity index (χ0) is 13.0. The maximum Gasteiger partial charge on any atom is 0.169 e. The van der Waals surface area contributed by atoms with Gasteiger partial charge in [0.1, 0.15) is 5.02 Å². The topological polar surface area (TPSA) is 73.3 Å². The second-order valence-corrected chi connectivity index (χ2v) is 4.26. The fourth-order valence-electron chi connectivity index (χ4n) is 1.43. The summed E-state index contributed by atoms with van der Waals surface area (Å²) in [6, 6.07) is 1.46. The molecule has 6 heteroatoms. The van der Waals surface area contributed by atoms with Crippen molar-refractivity contribution in [3.05, 3.63) is 16.9 Å². The number of ether oxygens (including phenoxy) is 1. The number of halogens is 2. The summed E-state index contributed by atoms with van der Waals surface area (Å²) in [7, 11) is 1.61. The fraction of sp³-hybridized carbons (Fsp3) is 0.455. The summed E-state index contributed by atoms with van der Waals surface area (Å²) >= 11 is 5.72. The molecule has 0 fully saturated rings. The number of hydrogen-bond acceptors (Lipinski definition) is 4. The number of benzene rings is 1. The van der Waals surface area contributed by atoms with Gasteiger partial charge in [0.2, 0.25) is 0 Å². The average Bonchev–Trinajstić information content (AvgIpc) is 2.29. The Balaban J connectivity index is 2.87. The minimum absolute atomic E-state index is 0.0199. The first kappa shape index (κ1) is 13.9. The number of rotatable bonds is 5. The first-order valence-electron chi connectivity index (χ1n) is 5.25. The summed E-state index contributed by atoms with van der Waals surface area (Å²) in [5.41, 5.74) is 11.8. The highest BCUT2D eigenvalue weighted by Crippen LogP contribution is 2.34. The van der Waals surface area contributed by atoms with Crippen molar-refractivity contribution >= 4 is 28.7 Å². The molecule has 1 aromatic rings. The van der Waals surface area contributed by atoms with Crippen LogP contribution in [0.1, 0.15) is 13.3 Å².